The fourth-order valence-electron chi connectivity index (χ4n) is 2.85. The maximum absolute atomic E-state index is 12.5. The topological polar surface area (TPSA) is 70.5 Å². The molecule has 0 saturated carbocycles. The van der Waals surface area contributed by atoms with Crippen molar-refractivity contribution in [2.24, 2.45) is 0 Å². The first-order valence-corrected chi connectivity index (χ1v) is 7.09. The largest absolute Gasteiger partial charge is 0.385 e. The molecule has 2 aromatic rings. The minimum absolute atomic E-state index is 0.0365. The van der Waals surface area contributed by atoms with Crippen LogP contribution in [0, 0.1) is 0 Å². The number of hydrogen-bond donors (Lipinski definition) is 1. The number of aliphatic hydroxyl groups is 1. The van der Waals surface area contributed by atoms with Crippen molar-refractivity contribution in [2.75, 3.05) is 6.54 Å². The molecule has 0 saturated heterocycles. The molecule has 1 amide bonds. The van der Waals surface area contributed by atoms with Gasteiger partial charge in [0.15, 0.2) is 5.78 Å². The molecule has 1 aliphatic rings. The van der Waals surface area contributed by atoms with Gasteiger partial charge in [-0.2, -0.15) is 0 Å². The van der Waals surface area contributed by atoms with Crippen molar-refractivity contribution in [1.82, 2.24) is 9.88 Å². The standard InChI is InChI=1S/C17H16N2O3/c1-11(20)16-12-6-2-3-7-13(12)17(22)19(16)10-15(21)14-8-4-5-9-18-14/h2-9,15-16,21H,10H2,1H3. The molecule has 0 bridgehead atoms. The number of hydrogen-bond acceptors (Lipinski definition) is 4. The average molecular weight is 296 g/mol. The van der Waals surface area contributed by atoms with Crippen LogP contribution < -0.4 is 0 Å². The molecule has 5 heteroatoms. The third-order valence-electron chi connectivity index (χ3n) is 3.84. The molecule has 5 nitrogen and oxygen atoms in total. The van der Waals surface area contributed by atoms with Crippen LogP contribution in [0.15, 0.2) is 48.7 Å². The molecule has 112 valence electrons. The molecule has 1 N–H and O–H groups in total. The highest BCUT2D eigenvalue weighted by molar-refractivity contribution is 6.04. The minimum atomic E-state index is -0.929. The highest BCUT2D eigenvalue weighted by Gasteiger charge is 2.40. The van der Waals surface area contributed by atoms with Gasteiger partial charge in [0, 0.05) is 11.8 Å². The van der Waals surface area contributed by atoms with Gasteiger partial charge in [-0.1, -0.05) is 24.3 Å². The Morgan fingerprint density at radius 3 is 2.68 bits per heavy atom. The summed E-state index contributed by atoms with van der Waals surface area (Å²) in [5.74, 6) is -0.350. The maximum Gasteiger partial charge on any atom is 0.255 e. The average Bonchev–Trinajstić information content (AvgIpc) is 2.81. The van der Waals surface area contributed by atoms with E-state index in [9.17, 15) is 14.7 Å². The number of nitrogens with zero attached hydrogens (tertiary/aromatic N) is 2. The van der Waals surface area contributed by atoms with Gasteiger partial charge in [0.25, 0.3) is 5.91 Å². The fourth-order valence-corrected chi connectivity index (χ4v) is 2.85. The van der Waals surface area contributed by atoms with Crippen molar-refractivity contribution in [1.29, 1.82) is 0 Å². The molecule has 0 aliphatic carbocycles. The SMILES string of the molecule is CC(=O)C1c2ccccc2C(=O)N1CC(O)c1ccccn1. The Bertz CT molecular complexity index is 715. The van der Waals surface area contributed by atoms with Gasteiger partial charge in [-0.25, -0.2) is 0 Å². The number of fused-ring (bicyclic) bond motifs is 1. The van der Waals surface area contributed by atoms with Gasteiger partial charge in [-0.05, 0) is 30.7 Å². The molecular formula is C17H16N2O3. The molecule has 0 fully saturated rings. The molecule has 1 aromatic heterocycles. The highest BCUT2D eigenvalue weighted by Crippen LogP contribution is 2.35. The van der Waals surface area contributed by atoms with E-state index < -0.39 is 12.1 Å². The molecule has 2 atom stereocenters. The van der Waals surface area contributed by atoms with E-state index in [-0.39, 0.29) is 18.2 Å². The number of benzene rings is 1. The zero-order chi connectivity index (χ0) is 15.7. The molecule has 0 radical (unpaired) electrons. The zero-order valence-electron chi connectivity index (χ0n) is 12.1. The number of pyridine rings is 1. The third-order valence-corrected chi connectivity index (χ3v) is 3.84. The second-order valence-corrected chi connectivity index (χ2v) is 5.33. The summed E-state index contributed by atoms with van der Waals surface area (Å²) in [5, 5.41) is 10.3. The molecule has 22 heavy (non-hydrogen) atoms. The highest BCUT2D eigenvalue weighted by atomic mass is 16.3. The number of β-amino-alcohol motifs (C(OH)–C–C–N with tert-alkyl or cyclic N) is 1. The summed E-state index contributed by atoms with van der Waals surface area (Å²) in [6, 6.07) is 11.7. The van der Waals surface area contributed by atoms with E-state index >= 15 is 0 Å². The first-order chi connectivity index (χ1) is 10.6. The van der Waals surface area contributed by atoms with Crippen molar-refractivity contribution in [3.8, 4) is 0 Å². The normalized spacial score (nSPS) is 18.2. The summed E-state index contributed by atoms with van der Waals surface area (Å²) >= 11 is 0. The monoisotopic (exact) mass is 296 g/mol. The van der Waals surface area contributed by atoms with Crippen LogP contribution >= 0.6 is 0 Å². The molecule has 2 unspecified atom stereocenters. The second-order valence-electron chi connectivity index (χ2n) is 5.33. The van der Waals surface area contributed by atoms with Crippen molar-refractivity contribution >= 4 is 11.7 Å². The summed E-state index contributed by atoms with van der Waals surface area (Å²) in [7, 11) is 0. The molecule has 3 rings (SSSR count). The summed E-state index contributed by atoms with van der Waals surface area (Å²) in [6.07, 6.45) is 0.656. The number of Topliss-reactive ketones (excluding diaryl/α,β-unsaturated/α-hetero) is 1. The fraction of sp³-hybridized carbons (Fsp3) is 0.235. The van der Waals surface area contributed by atoms with E-state index in [2.05, 4.69) is 4.98 Å². The Balaban J connectivity index is 1.90. The van der Waals surface area contributed by atoms with E-state index in [1.165, 1.54) is 11.8 Å². The van der Waals surface area contributed by atoms with Gasteiger partial charge >= 0.3 is 0 Å². The van der Waals surface area contributed by atoms with E-state index in [0.717, 1.165) is 0 Å². The molecule has 1 aromatic carbocycles. The Kier molecular flexibility index (Phi) is 3.73. The quantitative estimate of drug-likeness (QED) is 0.935. The maximum atomic E-state index is 12.5. The van der Waals surface area contributed by atoms with Gasteiger partial charge in [-0.3, -0.25) is 14.6 Å². The number of carbonyl (C=O) groups is 2. The lowest BCUT2D eigenvalue weighted by Crippen LogP contribution is -2.35. The predicted molar refractivity (Wildman–Crippen MR) is 80.1 cm³/mol. The van der Waals surface area contributed by atoms with Gasteiger partial charge in [-0.15, -0.1) is 0 Å². The van der Waals surface area contributed by atoms with Crippen LogP contribution in [0.25, 0.3) is 0 Å². The Hall–Kier alpha value is -2.53. The second kappa shape index (κ2) is 5.69. The van der Waals surface area contributed by atoms with E-state index in [4.69, 9.17) is 0 Å². The number of carbonyl (C=O) groups excluding carboxylic acids is 2. The lowest BCUT2D eigenvalue weighted by molar-refractivity contribution is -0.121. The lowest BCUT2D eigenvalue weighted by Gasteiger charge is -2.25. The number of rotatable bonds is 4. The third kappa shape index (κ3) is 2.40. The summed E-state index contributed by atoms with van der Waals surface area (Å²) in [6.45, 7) is 1.50. The number of amides is 1. The molecule has 1 aliphatic heterocycles. The number of ketones is 1. The minimum Gasteiger partial charge on any atom is -0.385 e. The number of aliphatic hydroxyl groups excluding tert-OH is 1. The Labute approximate surface area is 128 Å². The molecule has 2 heterocycles. The smallest absolute Gasteiger partial charge is 0.255 e. The summed E-state index contributed by atoms with van der Waals surface area (Å²) in [5.41, 5.74) is 1.71. The zero-order valence-corrected chi connectivity index (χ0v) is 12.1. The first-order valence-electron chi connectivity index (χ1n) is 7.09. The summed E-state index contributed by atoms with van der Waals surface area (Å²) < 4.78 is 0. The van der Waals surface area contributed by atoms with Crippen LogP contribution in [0.4, 0.5) is 0 Å². The van der Waals surface area contributed by atoms with Crippen molar-refractivity contribution in [3.63, 3.8) is 0 Å². The van der Waals surface area contributed by atoms with Crippen molar-refractivity contribution < 1.29 is 14.7 Å². The lowest BCUT2D eigenvalue weighted by atomic mass is 10.0. The van der Waals surface area contributed by atoms with Gasteiger partial charge < -0.3 is 10.0 Å². The van der Waals surface area contributed by atoms with Crippen molar-refractivity contribution in [2.45, 2.75) is 19.1 Å². The van der Waals surface area contributed by atoms with Crippen LogP contribution in [0.5, 0.6) is 0 Å². The van der Waals surface area contributed by atoms with Gasteiger partial charge in [0.1, 0.15) is 12.1 Å². The molecule has 0 spiro atoms. The van der Waals surface area contributed by atoms with Crippen LogP contribution in [-0.2, 0) is 4.79 Å². The van der Waals surface area contributed by atoms with Gasteiger partial charge in [0.2, 0.25) is 0 Å². The first kappa shape index (κ1) is 14.4. The molecular weight excluding hydrogens is 280 g/mol. The van der Waals surface area contributed by atoms with Crippen LogP contribution in [0.2, 0.25) is 0 Å². The van der Waals surface area contributed by atoms with Crippen molar-refractivity contribution in [3.05, 3.63) is 65.5 Å². The Morgan fingerprint density at radius 2 is 2.00 bits per heavy atom. The predicted octanol–water partition coefficient (Wildman–Crippen LogP) is 1.90. The van der Waals surface area contributed by atoms with E-state index in [0.29, 0.717) is 16.8 Å². The summed E-state index contributed by atoms with van der Waals surface area (Å²) in [4.78, 5) is 30.0. The van der Waals surface area contributed by atoms with Crippen LogP contribution in [-0.4, -0.2) is 33.2 Å². The van der Waals surface area contributed by atoms with Gasteiger partial charge in [0.05, 0.1) is 12.2 Å². The van der Waals surface area contributed by atoms with E-state index in [1.54, 1.807) is 48.7 Å². The van der Waals surface area contributed by atoms with E-state index in [1.807, 2.05) is 0 Å². The number of aromatic nitrogens is 1. The van der Waals surface area contributed by atoms with Crippen LogP contribution in [0.1, 0.15) is 40.7 Å². The Morgan fingerprint density at radius 1 is 1.27 bits per heavy atom. The van der Waals surface area contributed by atoms with Crippen LogP contribution in [0.3, 0.4) is 0 Å².